The molecule has 0 aromatic heterocycles. The fraction of sp³-hybridized carbons (Fsp3) is 0.111. The molecule has 3 N–H and O–H groups in total. The van der Waals surface area contributed by atoms with Gasteiger partial charge in [-0.05, 0) is 12.1 Å². The fourth-order valence-electron chi connectivity index (χ4n) is 1.51. The van der Waals surface area contributed by atoms with Crippen molar-refractivity contribution in [1.29, 1.82) is 0 Å². The smallest absolute Gasteiger partial charge is 0.241 e. The summed E-state index contributed by atoms with van der Waals surface area (Å²) in [5.74, 6) is -2.29. The van der Waals surface area contributed by atoms with E-state index in [-0.39, 0.29) is 18.0 Å². The second-order valence-corrected chi connectivity index (χ2v) is 5.10. The molecule has 0 spiro atoms. The average molecular weight is 278 g/mol. The second kappa shape index (κ2) is 4.28. The van der Waals surface area contributed by atoms with Crippen LogP contribution in [0.15, 0.2) is 23.3 Å². The van der Waals surface area contributed by atoms with Crippen molar-refractivity contribution in [3.63, 3.8) is 0 Å². The van der Waals surface area contributed by atoms with Crippen molar-refractivity contribution >= 4 is 15.7 Å². The summed E-state index contributed by atoms with van der Waals surface area (Å²) in [6.45, 7) is -0.257. The molecule has 1 aliphatic heterocycles. The third-order valence-corrected chi connectivity index (χ3v) is 3.26. The lowest BCUT2D eigenvalue weighted by molar-refractivity contribution is -0.781. The van der Waals surface area contributed by atoms with Gasteiger partial charge in [0, 0.05) is 0 Å². The van der Waals surface area contributed by atoms with Crippen molar-refractivity contribution in [2.75, 3.05) is 6.73 Å². The summed E-state index contributed by atoms with van der Waals surface area (Å²) in [5.41, 5.74) is -0.505. The highest BCUT2D eigenvalue weighted by molar-refractivity contribution is 7.89. The first-order valence-corrected chi connectivity index (χ1v) is 6.22. The van der Waals surface area contributed by atoms with Crippen LogP contribution in [0.3, 0.4) is 0 Å². The van der Waals surface area contributed by atoms with Gasteiger partial charge in [0.15, 0.2) is 12.0 Å². The van der Waals surface area contributed by atoms with Crippen LogP contribution in [-0.4, -0.2) is 15.1 Å². The molecular formula is C9H8F2N2O4S. The Hall–Kier alpha value is -1.55. The number of nitrogens with one attached hydrogen (secondary N) is 1. The number of ether oxygens (including phenoxy) is 1. The largest absolute Gasteiger partial charge is 0.626 e. The summed E-state index contributed by atoms with van der Waals surface area (Å²) in [6, 6.07) is 1.04. The lowest BCUT2D eigenvalue weighted by Crippen LogP contribution is -3.03. The molecule has 1 aliphatic rings. The maximum atomic E-state index is 13.7. The Balaban J connectivity index is 2.57. The third kappa shape index (κ3) is 2.20. The summed E-state index contributed by atoms with van der Waals surface area (Å²) in [7, 11) is -4.36. The summed E-state index contributed by atoms with van der Waals surface area (Å²) in [5, 5.41) is 15.5. The molecule has 0 amide bonds. The topological polar surface area (TPSA) is 96.9 Å². The summed E-state index contributed by atoms with van der Waals surface area (Å²) >= 11 is 0. The van der Waals surface area contributed by atoms with E-state index in [1.807, 2.05) is 0 Å². The fourth-order valence-corrected chi connectivity index (χ4v) is 2.11. The molecule has 6 nitrogen and oxygen atoms in total. The molecule has 1 aromatic rings. The van der Waals surface area contributed by atoms with E-state index in [1.54, 1.807) is 0 Å². The van der Waals surface area contributed by atoms with Crippen molar-refractivity contribution in [2.24, 2.45) is 5.14 Å². The zero-order valence-corrected chi connectivity index (χ0v) is 9.63. The van der Waals surface area contributed by atoms with Gasteiger partial charge in [0.25, 0.3) is 0 Å². The Morgan fingerprint density at radius 3 is 2.50 bits per heavy atom. The van der Waals surface area contributed by atoms with Crippen LogP contribution < -0.4 is 10.2 Å². The Morgan fingerprint density at radius 2 is 2.00 bits per heavy atom. The summed E-state index contributed by atoms with van der Waals surface area (Å²) in [6.07, 6.45) is 0.997. The summed E-state index contributed by atoms with van der Waals surface area (Å²) < 4.78 is 53.8. The highest BCUT2D eigenvalue weighted by Crippen LogP contribution is 2.22. The van der Waals surface area contributed by atoms with Crippen LogP contribution in [0, 0.1) is 16.8 Å². The molecule has 18 heavy (non-hydrogen) atoms. The molecule has 2 rings (SSSR count). The van der Waals surface area contributed by atoms with Crippen molar-refractivity contribution in [3.8, 4) is 0 Å². The minimum Gasteiger partial charge on any atom is -0.626 e. The Morgan fingerprint density at radius 1 is 1.33 bits per heavy atom. The van der Waals surface area contributed by atoms with E-state index in [0.29, 0.717) is 12.1 Å². The minimum atomic E-state index is -4.36. The molecule has 1 heterocycles. The monoisotopic (exact) mass is 278 g/mol. The van der Waals surface area contributed by atoms with Crippen molar-refractivity contribution in [2.45, 2.75) is 4.90 Å². The number of benzene rings is 1. The molecule has 1 aromatic carbocycles. The van der Waals surface area contributed by atoms with Gasteiger partial charge in [-0.1, -0.05) is 0 Å². The Labute approximate surface area is 101 Å². The Kier molecular flexibility index (Phi) is 3.07. The normalized spacial score (nSPS) is 19.6. The standard InChI is InChI=1S/C9H8F2N2O4S/c10-6-2-9(18(12,15)16)7(11)1-5(6)8-3-17-4-13(8)14/h1-3,13H,4H2,(H2,12,15,16). The Bertz CT molecular complexity index is 630. The zero-order chi connectivity index (χ0) is 13.5. The predicted octanol–water partition coefficient (Wildman–Crippen LogP) is -0.719. The van der Waals surface area contributed by atoms with E-state index >= 15 is 0 Å². The van der Waals surface area contributed by atoms with Crippen LogP contribution in [-0.2, 0) is 14.8 Å². The van der Waals surface area contributed by atoms with Gasteiger partial charge in [-0.15, -0.1) is 0 Å². The lowest BCUT2D eigenvalue weighted by Gasteiger charge is -2.16. The second-order valence-electron chi connectivity index (χ2n) is 3.57. The van der Waals surface area contributed by atoms with Gasteiger partial charge >= 0.3 is 0 Å². The highest BCUT2D eigenvalue weighted by atomic mass is 32.2. The van der Waals surface area contributed by atoms with Crippen LogP contribution in [0.2, 0.25) is 0 Å². The minimum absolute atomic E-state index is 0.146. The first-order chi connectivity index (χ1) is 8.30. The molecule has 1 atom stereocenters. The third-order valence-electron chi connectivity index (χ3n) is 2.33. The number of hydrogen-bond acceptors (Lipinski definition) is 4. The number of rotatable bonds is 2. The van der Waals surface area contributed by atoms with Gasteiger partial charge in [0.1, 0.15) is 16.5 Å². The van der Waals surface area contributed by atoms with Gasteiger partial charge in [-0.2, -0.15) is 0 Å². The van der Waals surface area contributed by atoms with E-state index in [9.17, 15) is 22.4 Å². The van der Waals surface area contributed by atoms with Crippen molar-refractivity contribution in [1.82, 2.24) is 0 Å². The number of hydroxylamine groups is 2. The van der Waals surface area contributed by atoms with Gasteiger partial charge in [0.2, 0.25) is 16.8 Å². The molecule has 1 unspecified atom stereocenters. The number of sulfonamides is 1. The van der Waals surface area contributed by atoms with Crippen molar-refractivity contribution in [3.05, 3.63) is 40.8 Å². The number of halogens is 2. The number of nitrogens with two attached hydrogens (primary N) is 1. The van der Waals surface area contributed by atoms with Crippen LogP contribution in [0.4, 0.5) is 8.78 Å². The van der Waals surface area contributed by atoms with E-state index in [4.69, 9.17) is 5.14 Å². The van der Waals surface area contributed by atoms with Gasteiger partial charge in [-0.25, -0.2) is 22.3 Å². The molecule has 0 saturated carbocycles. The van der Waals surface area contributed by atoms with E-state index in [2.05, 4.69) is 4.74 Å². The van der Waals surface area contributed by atoms with E-state index < -0.39 is 31.6 Å². The highest BCUT2D eigenvalue weighted by Gasteiger charge is 2.25. The maximum absolute atomic E-state index is 13.7. The van der Waals surface area contributed by atoms with E-state index in [0.717, 1.165) is 6.26 Å². The maximum Gasteiger partial charge on any atom is 0.241 e. The predicted molar refractivity (Wildman–Crippen MR) is 56.0 cm³/mol. The first-order valence-electron chi connectivity index (χ1n) is 4.68. The molecule has 0 saturated heterocycles. The van der Waals surface area contributed by atoms with Gasteiger partial charge < -0.3 is 15.0 Å². The van der Waals surface area contributed by atoms with Crippen LogP contribution in [0.1, 0.15) is 5.56 Å². The molecule has 0 bridgehead atoms. The molecule has 9 heteroatoms. The first kappa shape index (κ1) is 12.9. The molecular weight excluding hydrogens is 270 g/mol. The zero-order valence-electron chi connectivity index (χ0n) is 8.81. The number of hydrogen-bond donors (Lipinski definition) is 2. The van der Waals surface area contributed by atoms with Gasteiger partial charge in [-0.3, -0.25) is 0 Å². The van der Waals surface area contributed by atoms with Crippen LogP contribution in [0.25, 0.3) is 5.70 Å². The van der Waals surface area contributed by atoms with E-state index in [1.165, 1.54) is 0 Å². The SMILES string of the molecule is NS(=O)(=O)c1cc(F)c(C2=COC[NH+]2[O-])cc1F. The van der Waals surface area contributed by atoms with Crippen molar-refractivity contribution < 1.29 is 27.0 Å². The molecule has 98 valence electrons. The van der Waals surface area contributed by atoms with Crippen LogP contribution >= 0.6 is 0 Å². The quantitative estimate of drug-likeness (QED) is 0.698. The summed E-state index contributed by atoms with van der Waals surface area (Å²) in [4.78, 5) is -0.962. The average Bonchev–Trinajstić information content (AvgIpc) is 2.66. The molecule has 0 fully saturated rings. The van der Waals surface area contributed by atoms with Gasteiger partial charge in [0.05, 0.1) is 5.56 Å². The van der Waals surface area contributed by atoms with Crippen LogP contribution in [0.5, 0.6) is 0 Å². The number of primary sulfonamides is 1. The number of quaternary nitrogens is 1. The molecule has 0 aliphatic carbocycles. The molecule has 0 radical (unpaired) electrons. The lowest BCUT2D eigenvalue weighted by atomic mass is 10.1.